The van der Waals surface area contributed by atoms with Crippen molar-refractivity contribution in [3.8, 4) is 0 Å². The molecule has 0 radical (unpaired) electrons. The lowest BCUT2D eigenvalue weighted by molar-refractivity contribution is -0.134. The highest BCUT2D eigenvalue weighted by molar-refractivity contribution is 7.89. The molecule has 9 heteroatoms. The number of halogens is 3. The van der Waals surface area contributed by atoms with Gasteiger partial charge in [-0.3, -0.25) is 0 Å². The molecule has 104 valence electrons. The van der Waals surface area contributed by atoms with Gasteiger partial charge in [-0.15, -0.1) is 11.3 Å². The van der Waals surface area contributed by atoms with E-state index >= 15 is 0 Å². The second kappa shape index (κ2) is 5.55. The molecule has 0 spiro atoms. The molecular formula is C9H13F3N2O2S2. The van der Waals surface area contributed by atoms with Gasteiger partial charge in [0.2, 0.25) is 10.0 Å². The molecular weight excluding hydrogens is 289 g/mol. The number of thiophene rings is 1. The first-order valence-corrected chi connectivity index (χ1v) is 7.24. The van der Waals surface area contributed by atoms with Crippen LogP contribution in [0.3, 0.4) is 0 Å². The van der Waals surface area contributed by atoms with Crippen LogP contribution in [0.4, 0.5) is 13.2 Å². The fraction of sp³-hybridized carbons (Fsp3) is 0.556. The van der Waals surface area contributed by atoms with Gasteiger partial charge in [-0.1, -0.05) is 0 Å². The predicted octanol–water partition coefficient (Wildman–Crippen LogP) is 1.65. The van der Waals surface area contributed by atoms with E-state index in [2.05, 4.69) is 5.32 Å². The molecule has 0 aliphatic heterocycles. The van der Waals surface area contributed by atoms with Crippen molar-refractivity contribution in [3.63, 3.8) is 0 Å². The molecule has 0 unspecified atom stereocenters. The summed E-state index contributed by atoms with van der Waals surface area (Å²) in [6.45, 7) is -1.02. The quantitative estimate of drug-likeness (QED) is 0.900. The molecule has 0 saturated heterocycles. The van der Waals surface area contributed by atoms with Crippen LogP contribution in [0.25, 0.3) is 0 Å². The van der Waals surface area contributed by atoms with E-state index in [9.17, 15) is 21.6 Å². The normalized spacial score (nSPS) is 13.2. The van der Waals surface area contributed by atoms with E-state index < -0.39 is 22.7 Å². The van der Waals surface area contributed by atoms with Crippen LogP contribution >= 0.6 is 11.3 Å². The first-order chi connectivity index (χ1) is 8.16. The van der Waals surface area contributed by atoms with Crippen molar-refractivity contribution in [1.29, 1.82) is 0 Å². The van der Waals surface area contributed by atoms with Gasteiger partial charge in [0.05, 0.1) is 4.90 Å². The Labute approximate surface area is 107 Å². The third-order valence-electron chi connectivity index (χ3n) is 2.09. The molecule has 0 fully saturated rings. The number of alkyl halides is 3. The maximum absolute atomic E-state index is 12.2. The molecule has 18 heavy (non-hydrogen) atoms. The van der Waals surface area contributed by atoms with Crippen LogP contribution in [-0.2, 0) is 16.6 Å². The summed E-state index contributed by atoms with van der Waals surface area (Å²) < 4.78 is 60.5. The lowest BCUT2D eigenvalue weighted by atomic mass is 10.5. The van der Waals surface area contributed by atoms with E-state index in [0.29, 0.717) is 10.8 Å². The summed E-state index contributed by atoms with van der Waals surface area (Å²) in [6.07, 6.45) is -4.55. The van der Waals surface area contributed by atoms with Gasteiger partial charge in [0.1, 0.15) is 6.54 Å². The number of nitrogens with zero attached hydrogens (tertiary/aromatic N) is 1. The highest BCUT2D eigenvalue weighted by Gasteiger charge is 2.35. The largest absolute Gasteiger partial charge is 0.402 e. The number of sulfonamides is 1. The van der Waals surface area contributed by atoms with Crippen LogP contribution in [0.1, 0.15) is 4.88 Å². The van der Waals surface area contributed by atoms with Crippen molar-refractivity contribution in [3.05, 3.63) is 16.3 Å². The van der Waals surface area contributed by atoms with Gasteiger partial charge in [-0.05, 0) is 13.1 Å². The summed E-state index contributed by atoms with van der Waals surface area (Å²) in [4.78, 5) is 0.640. The predicted molar refractivity (Wildman–Crippen MR) is 63.0 cm³/mol. The minimum Gasteiger partial charge on any atom is -0.315 e. The Morgan fingerprint density at radius 1 is 1.44 bits per heavy atom. The second-order valence-electron chi connectivity index (χ2n) is 3.66. The molecule has 0 atom stereocenters. The van der Waals surface area contributed by atoms with Crippen molar-refractivity contribution in [2.75, 3.05) is 20.6 Å². The molecule has 4 nitrogen and oxygen atoms in total. The number of nitrogens with one attached hydrogen (secondary N) is 1. The topological polar surface area (TPSA) is 49.4 Å². The van der Waals surface area contributed by atoms with Crippen molar-refractivity contribution in [2.24, 2.45) is 0 Å². The van der Waals surface area contributed by atoms with Crippen molar-refractivity contribution in [1.82, 2.24) is 9.62 Å². The summed E-state index contributed by atoms with van der Waals surface area (Å²) in [5.41, 5.74) is 0. The maximum Gasteiger partial charge on any atom is 0.402 e. The van der Waals surface area contributed by atoms with Gasteiger partial charge in [0.25, 0.3) is 0 Å². The van der Waals surface area contributed by atoms with Gasteiger partial charge in [-0.25, -0.2) is 8.42 Å². The van der Waals surface area contributed by atoms with Crippen LogP contribution in [0.15, 0.2) is 16.3 Å². The van der Waals surface area contributed by atoms with E-state index in [0.717, 1.165) is 11.9 Å². The lowest BCUT2D eigenvalue weighted by Crippen LogP contribution is -2.35. The van der Waals surface area contributed by atoms with Gasteiger partial charge in [0, 0.05) is 23.8 Å². The molecule has 1 N–H and O–H groups in total. The third-order valence-corrected chi connectivity index (χ3v) is 4.96. The Morgan fingerprint density at radius 3 is 2.56 bits per heavy atom. The minimum atomic E-state index is -4.55. The molecule has 1 aromatic heterocycles. The van der Waals surface area contributed by atoms with Crippen molar-refractivity contribution >= 4 is 21.4 Å². The highest BCUT2D eigenvalue weighted by Crippen LogP contribution is 2.24. The smallest absolute Gasteiger partial charge is 0.315 e. The fourth-order valence-electron chi connectivity index (χ4n) is 1.28. The average molecular weight is 302 g/mol. The molecule has 0 aliphatic rings. The number of hydrogen-bond donors (Lipinski definition) is 1. The van der Waals surface area contributed by atoms with Crippen LogP contribution < -0.4 is 5.32 Å². The first-order valence-electron chi connectivity index (χ1n) is 4.92. The Hall–Kier alpha value is -0.640. The summed E-state index contributed by atoms with van der Waals surface area (Å²) in [7, 11) is -1.46. The van der Waals surface area contributed by atoms with Crippen LogP contribution in [-0.4, -0.2) is 39.5 Å². The molecule has 1 heterocycles. The zero-order valence-corrected chi connectivity index (χ0v) is 11.4. The van der Waals surface area contributed by atoms with E-state index in [-0.39, 0.29) is 4.90 Å². The first kappa shape index (κ1) is 15.4. The van der Waals surface area contributed by atoms with Gasteiger partial charge in [0.15, 0.2) is 0 Å². The van der Waals surface area contributed by atoms with Crippen LogP contribution in [0, 0.1) is 0 Å². The fourth-order valence-corrected chi connectivity index (χ4v) is 3.71. The molecule has 0 amide bonds. The summed E-state index contributed by atoms with van der Waals surface area (Å²) in [5, 5.41) is 4.18. The van der Waals surface area contributed by atoms with Crippen molar-refractivity contribution in [2.45, 2.75) is 17.6 Å². The van der Waals surface area contributed by atoms with Gasteiger partial charge < -0.3 is 5.32 Å². The minimum absolute atomic E-state index is 0.107. The van der Waals surface area contributed by atoms with E-state index in [4.69, 9.17) is 0 Å². The zero-order valence-electron chi connectivity index (χ0n) is 9.78. The van der Waals surface area contributed by atoms with Crippen molar-refractivity contribution < 1.29 is 21.6 Å². The van der Waals surface area contributed by atoms with E-state index in [1.165, 1.54) is 22.8 Å². The second-order valence-corrected chi connectivity index (χ2v) is 6.70. The number of hydrogen-bond acceptors (Lipinski definition) is 4. The lowest BCUT2D eigenvalue weighted by Gasteiger charge is -2.17. The molecule has 1 aromatic rings. The molecule has 1 rings (SSSR count). The Kier molecular flexibility index (Phi) is 4.76. The molecule has 0 aliphatic carbocycles. The SMILES string of the molecule is CNCc1cc(S(=O)(=O)N(C)CC(F)(F)F)cs1. The van der Waals surface area contributed by atoms with Crippen LogP contribution in [0.5, 0.6) is 0 Å². The molecule has 0 saturated carbocycles. The monoisotopic (exact) mass is 302 g/mol. The van der Waals surface area contributed by atoms with E-state index in [1.54, 1.807) is 7.05 Å². The molecule has 0 aromatic carbocycles. The van der Waals surface area contributed by atoms with E-state index in [1.807, 2.05) is 0 Å². The van der Waals surface area contributed by atoms with Gasteiger partial charge >= 0.3 is 6.18 Å². The third kappa shape index (κ3) is 3.94. The summed E-state index contributed by atoms with van der Waals surface area (Å²) in [6, 6.07) is 1.38. The average Bonchev–Trinajstić information content (AvgIpc) is 2.64. The highest BCUT2D eigenvalue weighted by atomic mass is 32.2. The zero-order chi connectivity index (χ0) is 14.0. The molecule has 0 bridgehead atoms. The van der Waals surface area contributed by atoms with Crippen LogP contribution in [0.2, 0.25) is 0 Å². The van der Waals surface area contributed by atoms with Gasteiger partial charge in [-0.2, -0.15) is 17.5 Å². The standard InChI is InChI=1S/C9H13F3N2O2S2/c1-13-4-7-3-8(5-17-7)18(15,16)14(2)6-9(10,11)12/h3,5,13H,4,6H2,1-2H3. The number of rotatable bonds is 5. The maximum atomic E-state index is 12.2. The summed E-state index contributed by atoms with van der Waals surface area (Å²) in [5.74, 6) is 0. The summed E-state index contributed by atoms with van der Waals surface area (Å²) >= 11 is 1.19. The Morgan fingerprint density at radius 2 is 2.06 bits per heavy atom. The Balaban J connectivity index is 2.91. The Bertz CT molecular complexity index is 496.